The fourth-order valence-electron chi connectivity index (χ4n) is 2.00. The first-order chi connectivity index (χ1) is 6.24. The summed E-state index contributed by atoms with van der Waals surface area (Å²) in [7, 11) is 0. The summed E-state index contributed by atoms with van der Waals surface area (Å²) in [5.41, 5.74) is 5.46. The van der Waals surface area contributed by atoms with Crippen LogP contribution in [0.25, 0.3) is 0 Å². The predicted molar refractivity (Wildman–Crippen MR) is 54.5 cm³/mol. The Hall–Kier alpha value is -0.120. The Balaban J connectivity index is 2.25. The van der Waals surface area contributed by atoms with Crippen LogP contribution in [0.1, 0.15) is 26.2 Å². The van der Waals surface area contributed by atoms with Gasteiger partial charge in [0.1, 0.15) is 0 Å². The van der Waals surface area contributed by atoms with Gasteiger partial charge in [0.25, 0.3) is 0 Å². The van der Waals surface area contributed by atoms with Gasteiger partial charge in [0.05, 0.1) is 6.10 Å². The first kappa shape index (κ1) is 11.0. The van der Waals surface area contributed by atoms with Gasteiger partial charge in [0.2, 0.25) is 0 Å². The summed E-state index contributed by atoms with van der Waals surface area (Å²) in [6.07, 6.45) is 3.32. The molecular formula is C10H22N2O. The molecule has 2 atom stereocenters. The molecule has 78 valence electrons. The zero-order chi connectivity index (χ0) is 9.68. The molecule has 0 saturated carbocycles. The van der Waals surface area contributed by atoms with Gasteiger partial charge in [0.15, 0.2) is 0 Å². The van der Waals surface area contributed by atoms with Crippen LogP contribution in [0.5, 0.6) is 0 Å². The van der Waals surface area contributed by atoms with E-state index < -0.39 is 0 Å². The van der Waals surface area contributed by atoms with Crippen molar-refractivity contribution in [3.63, 3.8) is 0 Å². The average molecular weight is 186 g/mol. The van der Waals surface area contributed by atoms with Crippen molar-refractivity contribution in [1.29, 1.82) is 0 Å². The molecule has 0 amide bonds. The second-order valence-corrected chi connectivity index (χ2v) is 4.09. The van der Waals surface area contributed by atoms with Crippen molar-refractivity contribution in [2.24, 2.45) is 11.7 Å². The highest BCUT2D eigenvalue weighted by Gasteiger charge is 2.22. The van der Waals surface area contributed by atoms with E-state index in [-0.39, 0.29) is 6.10 Å². The molecule has 1 rings (SSSR count). The lowest BCUT2D eigenvalue weighted by Gasteiger charge is -2.34. The first-order valence-electron chi connectivity index (χ1n) is 5.34. The lowest BCUT2D eigenvalue weighted by Crippen LogP contribution is -2.40. The van der Waals surface area contributed by atoms with E-state index in [9.17, 15) is 5.11 Å². The predicted octanol–water partition coefficient (Wildman–Crippen LogP) is 0.428. The van der Waals surface area contributed by atoms with E-state index in [2.05, 4.69) is 4.90 Å². The van der Waals surface area contributed by atoms with Crippen LogP contribution in [0.15, 0.2) is 0 Å². The van der Waals surface area contributed by atoms with E-state index >= 15 is 0 Å². The zero-order valence-electron chi connectivity index (χ0n) is 8.58. The molecule has 0 unspecified atom stereocenters. The summed E-state index contributed by atoms with van der Waals surface area (Å²) in [6.45, 7) is 6.01. The van der Waals surface area contributed by atoms with E-state index in [1.54, 1.807) is 0 Å². The molecule has 0 aromatic carbocycles. The standard InChI is InChI=1S/C10H22N2O/c1-9(13)10-4-2-6-12(8-10)7-3-5-11/h9-10,13H,2-8,11H2,1H3/t9-,10-/m0/s1. The summed E-state index contributed by atoms with van der Waals surface area (Å²) < 4.78 is 0. The fraction of sp³-hybridized carbons (Fsp3) is 1.00. The maximum absolute atomic E-state index is 9.47. The highest BCUT2D eigenvalue weighted by atomic mass is 16.3. The molecule has 0 aromatic heterocycles. The topological polar surface area (TPSA) is 49.5 Å². The normalized spacial score (nSPS) is 27.5. The Labute approximate surface area is 80.9 Å². The Bertz CT molecular complexity index is 139. The van der Waals surface area contributed by atoms with E-state index in [0.717, 1.165) is 26.1 Å². The smallest absolute Gasteiger partial charge is 0.0552 e. The molecule has 0 aliphatic carbocycles. The van der Waals surface area contributed by atoms with E-state index in [4.69, 9.17) is 5.73 Å². The minimum Gasteiger partial charge on any atom is -0.393 e. The number of rotatable bonds is 4. The third-order valence-electron chi connectivity index (χ3n) is 2.90. The van der Waals surface area contributed by atoms with Gasteiger partial charge in [-0.3, -0.25) is 0 Å². The van der Waals surface area contributed by atoms with Gasteiger partial charge in [-0.25, -0.2) is 0 Å². The molecule has 1 saturated heterocycles. The Morgan fingerprint density at radius 1 is 1.62 bits per heavy atom. The number of hydrogen-bond donors (Lipinski definition) is 2. The minimum atomic E-state index is -0.152. The molecule has 1 fully saturated rings. The molecule has 1 aliphatic heterocycles. The maximum Gasteiger partial charge on any atom is 0.0552 e. The van der Waals surface area contributed by atoms with Crippen LogP contribution < -0.4 is 5.73 Å². The number of aliphatic hydroxyl groups excluding tert-OH is 1. The quantitative estimate of drug-likeness (QED) is 0.669. The van der Waals surface area contributed by atoms with Gasteiger partial charge in [-0.1, -0.05) is 0 Å². The number of aliphatic hydroxyl groups is 1. The summed E-state index contributed by atoms with van der Waals surface area (Å²) in [5, 5.41) is 9.47. The van der Waals surface area contributed by atoms with Crippen molar-refractivity contribution in [3.8, 4) is 0 Å². The van der Waals surface area contributed by atoms with E-state index in [0.29, 0.717) is 5.92 Å². The van der Waals surface area contributed by atoms with Crippen LogP contribution in [0.3, 0.4) is 0 Å². The number of nitrogens with two attached hydrogens (primary N) is 1. The third-order valence-corrected chi connectivity index (χ3v) is 2.90. The number of hydrogen-bond acceptors (Lipinski definition) is 3. The first-order valence-corrected chi connectivity index (χ1v) is 5.34. The van der Waals surface area contributed by atoms with Crippen LogP contribution in [0.2, 0.25) is 0 Å². The highest BCUT2D eigenvalue weighted by Crippen LogP contribution is 2.19. The maximum atomic E-state index is 9.47. The monoisotopic (exact) mass is 186 g/mol. The van der Waals surface area contributed by atoms with Crippen molar-refractivity contribution in [3.05, 3.63) is 0 Å². The average Bonchev–Trinajstić information content (AvgIpc) is 2.15. The number of likely N-dealkylation sites (tertiary alicyclic amines) is 1. The van der Waals surface area contributed by atoms with Crippen molar-refractivity contribution in [2.75, 3.05) is 26.2 Å². The van der Waals surface area contributed by atoms with Gasteiger partial charge >= 0.3 is 0 Å². The van der Waals surface area contributed by atoms with Crippen LogP contribution in [-0.2, 0) is 0 Å². The molecule has 3 nitrogen and oxygen atoms in total. The molecule has 3 N–H and O–H groups in total. The van der Waals surface area contributed by atoms with Crippen molar-refractivity contribution in [1.82, 2.24) is 4.90 Å². The minimum absolute atomic E-state index is 0.152. The van der Waals surface area contributed by atoms with Crippen molar-refractivity contribution < 1.29 is 5.11 Å². The number of piperidine rings is 1. The molecule has 0 bridgehead atoms. The molecule has 1 aliphatic rings. The summed E-state index contributed by atoms with van der Waals surface area (Å²) in [6, 6.07) is 0. The second kappa shape index (κ2) is 5.58. The van der Waals surface area contributed by atoms with Gasteiger partial charge in [-0.2, -0.15) is 0 Å². The van der Waals surface area contributed by atoms with Crippen LogP contribution >= 0.6 is 0 Å². The lowest BCUT2D eigenvalue weighted by molar-refractivity contribution is 0.0627. The van der Waals surface area contributed by atoms with Crippen molar-refractivity contribution in [2.45, 2.75) is 32.3 Å². The molecule has 0 spiro atoms. The summed E-state index contributed by atoms with van der Waals surface area (Å²) >= 11 is 0. The second-order valence-electron chi connectivity index (χ2n) is 4.09. The highest BCUT2D eigenvalue weighted by molar-refractivity contribution is 4.76. The zero-order valence-corrected chi connectivity index (χ0v) is 8.58. The van der Waals surface area contributed by atoms with Crippen molar-refractivity contribution >= 4 is 0 Å². The van der Waals surface area contributed by atoms with Gasteiger partial charge in [0, 0.05) is 6.54 Å². The fourth-order valence-corrected chi connectivity index (χ4v) is 2.00. The molecule has 1 heterocycles. The summed E-state index contributed by atoms with van der Waals surface area (Å²) in [4.78, 5) is 2.42. The molecule has 13 heavy (non-hydrogen) atoms. The molecule has 3 heteroatoms. The SMILES string of the molecule is C[C@H](O)[C@H]1CCCN(CCCN)C1. The largest absolute Gasteiger partial charge is 0.393 e. The summed E-state index contributed by atoms with van der Waals surface area (Å²) in [5.74, 6) is 0.478. The number of nitrogens with zero attached hydrogens (tertiary/aromatic N) is 1. The third kappa shape index (κ3) is 3.63. The van der Waals surface area contributed by atoms with Crippen LogP contribution in [0, 0.1) is 5.92 Å². The van der Waals surface area contributed by atoms with E-state index in [1.807, 2.05) is 6.92 Å². The van der Waals surface area contributed by atoms with Gasteiger partial charge < -0.3 is 15.7 Å². The molecular weight excluding hydrogens is 164 g/mol. The van der Waals surface area contributed by atoms with E-state index in [1.165, 1.54) is 19.4 Å². The Morgan fingerprint density at radius 2 is 2.38 bits per heavy atom. The Kier molecular flexibility index (Phi) is 4.70. The molecule has 0 aromatic rings. The lowest BCUT2D eigenvalue weighted by atomic mass is 9.93. The van der Waals surface area contributed by atoms with Gasteiger partial charge in [-0.05, 0) is 51.7 Å². The molecule has 0 radical (unpaired) electrons. The van der Waals surface area contributed by atoms with Crippen LogP contribution in [0.4, 0.5) is 0 Å². The Morgan fingerprint density at radius 3 is 3.00 bits per heavy atom. The van der Waals surface area contributed by atoms with Crippen LogP contribution in [-0.4, -0.2) is 42.3 Å². The van der Waals surface area contributed by atoms with Gasteiger partial charge in [-0.15, -0.1) is 0 Å².